The molecule has 2 aromatic carbocycles. The van der Waals surface area contributed by atoms with Gasteiger partial charge < -0.3 is 19.7 Å². The second-order valence-electron chi connectivity index (χ2n) is 8.86. The maximum Gasteiger partial charge on any atom is 0.317 e. The number of β-amino-alcohol motifs (C(OH)–C–C–N with tert-alkyl or cyclic N) is 2. The number of nitro benzene ring substituents is 4. The van der Waals surface area contributed by atoms with Gasteiger partial charge in [0.25, 0.3) is 11.4 Å². The fourth-order valence-corrected chi connectivity index (χ4v) is 4.00. The molecule has 2 atom stereocenters. The number of hydrogen-bond donors (Lipinski definition) is 2. The van der Waals surface area contributed by atoms with E-state index >= 15 is 0 Å². The lowest BCUT2D eigenvalue weighted by Gasteiger charge is -2.36. The minimum atomic E-state index is -1.00. The Morgan fingerprint density at radius 2 is 1.00 bits per heavy atom. The van der Waals surface area contributed by atoms with Crippen molar-refractivity contribution in [1.82, 2.24) is 9.80 Å². The summed E-state index contributed by atoms with van der Waals surface area (Å²) in [4.78, 5) is 44.8. The molecular formula is C22H26N6O12. The van der Waals surface area contributed by atoms with Crippen molar-refractivity contribution in [1.29, 1.82) is 0 Å². The highest BCUT2D eigenvalue weighted by Gasteiger charge is 2.25. The Balaban J connectivity index is 1.42. The van der Waals surface area contributed by atoms with Gasteiger partial charge in [0.05, 0.1) is 31.8 Å². The molecule has 18 heteroatoms. The summed E-state index contributed by atoms with van der Waals surface area (Å²) in [6.45, 7) is 1.94. The van der Waals surface area contributed by atoms with Crippen molar-refractivity contribution in [3.8, 4) is 11.5 Å². The maximum atomic E-state index is 11.2. The van der Waals surface area contributed by atoms with Gasteiger partial charge in [0.2, 0.25) is 0 Å². The molecule has 1 saturated heterocycles. The van der Waals surface area contributed by atoms with Gasteiger partial charge in [-0.05, 0) is 12.1 Å². The number of hydrogen-bond acceptors (Lipinski definition) is 14. The van der Waals surface area contributed by atoms with Crippen molar-refractivity contribution >= 4 is 22.7 Å². The molecule has 1 aliphatic heterocycles. The average molecular weight is 566 g/mol. The third-order valence-electron chi connectivity index (χ3n) is 5.97. The molecule has 0 bridgehead atoms. The van der Waals surface area contributed by atoms with Crippen molar-refractivity contribution in [2.45, 2.75) is 12.2 Å². The van der Waals surface area contributed by atoms with Crippen LogP contribution in [0.2, 0.25) is 0 Å². The van der Waals surface area contributed by atoms with Crippen LogP contribution in [0.4, 0.5) is 22.7 Å². The van der Waals surface area contributed by atoms with Crippen LogP contribution in [-0.4, -0.2) is 104 Å². The first-order valence-electron chi connectivity index (χ1n) is 11.9. The summed E-state index contributed by atoms with van der Waals surface area (Å²) in [7, 11) is 0. The molecule has 2 aromatic rings. The largest absolute Gasteiger partial charge is 0.484 e. The van der Waals surface area contributed by atoms with Gasteiger partial charge in [0.15, 0.2) is 11.5 Å². The molecule has 0 radical (unpaired) electrons. The Hall–Kier alpha value is -4.52. The number of nitrogens with zero attached hydrogens (tertiary/aromatic N) is 6. The van der Waals surface area contributed by atoms with Crippen LogP contribution in [0.5, 0.6) is 11.5 Å². The summed E-state index contributed by atoms with van der Waals surface area (Å²) in [6.07, 6.45) is -2.00. The van der Waals surface area contributed by atoms with Gasteiger partial charge in [-0.2, -0.15) is 0 Å². The molecule has 3 rings (SSSR count). The lowest BCUT2D eigenvalue weighted by atomic mass is 10.2. The lowest BCUT2D eigenvalue weighted by molar-refractivity contribution is -0.395. The van der Waals surface area contributed by atoms with E-state index in [0.717, 1.165) is 36.4 Å². The van der Waals surface area contributed by atoms with Crippen LogP contribution in [0.15, 0.2) is 36.4 Å². The zero-order chi connectivity index (χ0) is 29.4. The van der Waals surface area contributed by atoms with Gasteiger partial charge in [-0.1, -0.05) is 0 Å². The molecule has 18 nitrogen and oxygen atoms in total. The second-order valence-corrected chi connectivity index (χ2v) is 8.86. The molecule has 1 heterocycles. The van der Waals surface area contributed by atoms with Crippen LogP contribution < -0.4 is 9.47 Å². The van der Waals surface area contributed by atoms with Crippen LogP contribution in [0.1, 0.15) is 0 Å². The number of rotatable bonds is 14. The van der Waals surface area contributed by atoms with E-state index in [9.17, 15) is 50.7 Å². The molecule has 0 aromatic heterocycles. The Bertz CT molecular complexity index is 1160. The number of aliphatic hydroxyl groups excluding tert-OH is 2. The van der Waals surface area contributed by atoms with Gasteiger partial charge >= 0.3 is 11.4 Å². The Kier molecular flexibility index (Phi) is 10.1. The van der Waals surface area contributed by atoms with E-state index < -0.39 is 54.7 Å². The lowest BCUT2D eigenvalue weighted by Crippen LogP contribution is -2.51. The standard InChI is InChI=1S/C22H26N6O12/c29-17(13-39-21-3-1-15(25(31)32)9-19(21)27(35)36)11-23-5-7-24(8-6-23)12-18(30)14-40-22-4-2-16(26(33)34)10-20(22)28(37)38/h1-4,9-10,17-18,29-30H,5-8,11-14H2. The van der Waals surface area contributed by atoms with Gasteiger partial charge in [0.1, 0.15) is 25.4 Å². The van der Waals surface area contributed by atoms with Crippen LogP contribution >= 0.6 is 0 Å². The highest BCUT2D eigenvalue weighted by Crippen LogP contribution is 2.32. The number of nitro groups is 4. The number of piperazine rings is 1. The molecule has 1 fully saturated rings. The molecule has 0 amide bonds. The topological polar surface area (TPSA) is 238 Å². The first kappa shape index (κ1) is 30.0. The van der Waals surface area contributed by atoms with Crippen LogP contribution in [0.3, 0.4) is 0 Å². The van der Waals surface area contributed by atoms with Crippen LogP contribution in [-0.2, 0) is 0 Å². The van der Waals surface area contributed by atoms with Gasteiger partial charge in [-0.25, -0.2) is 0 Å². The van der Waals surface area contributed by atoms with Crippen LogP contribution in [0, 0.1) is 40.5 Å². The predicted molar refractivity (Wildman–Crippen MR) is 135 cm³/mol. The van der Waals surface area contributed by atoms with E-state index in [2.05, 4.69) is 0 Å². The van der Waals surface area contributed by atoms with Crippen molar-refractivity contribution in [2.24, 2.45) is 0 Å². The third kappa shape index (κ3) is 8.24. The first-order valence-corrected chi connectivity index (χ1v) is 11.9. The zero-order valence-corrected chi connectivity index (χ0v) is 20.9. The number of benzene rings is 2. The maximum absolute atomic E-state index is 11.2. The second kappa shape index (κ2) is 13.5. The van der Waals surface area contributed by atoms with Gasteiger partial charge in [0, 0.05) is 51.4 Å². The van der Waals surface area contributed by atoms with E-state index in [1.54, 1.807) is 0 Å². The van der Waals surface area contributed by atoms with Crippen molar-refractivity contribution in [3.63, 3.8) is 0 Å². The van der Waals surface area contributed by atoms with Crippen molar-refractivity contribution in [2.75, 3.05) is 52.5 Å². The fourth-order valence-electron chi connectivity index (χ4n) is 4.00. The normalized spacial score (nSPS) is 15.7. The Labute approximate surface area is 225 Å². The Morgan fingerprint density at radius 1 is 0.650 bits per heavy atom. The first-order chi connectivity index (χ1) is 18.9. The molecule has 2 unspecified atom stereocenters. The van der Waals surface area contributed by atoms with E-state index in [0.29, 0.717) is 26.2 Å². The quantitative estimate of drug-likeness (QED) is 0.241. The van der Waals surface area contributed by atoms with Crippen molar-refractivity contribution < 1.29 is 39.4 Å². The summed E-state index contributed by atoms with van der Waals surface area (Å²) in [6, 6.07) is 5.93. The molecular weight excluding hydrogens is 540 g/mol. The molecule has 0 aliphatic carbocycles. The summed E-state index contributed by atoms with van der Waals surface area (Å²) < 4.78 is 10.7. The molecule has 2 N–H and O–H groups in total. The average Bonchev–Trinajstić information content (AvgIpc) is 2.91. The highest BCUT2D eigenvalue weighted by molar-refractivity contribution is 5.54. The van der Waals surface area contributed by atoms with Crippen molar-refractivity contribution in [3.05, 3.63) is 76.9 Å². The molecule has 1 aliphatic rings. The van der Waals surface area contributed by atoms with E-state index in [-0.39, 0.29) is 37.8 Å². The zero-order valence-electron chi connectivity index (χ0n) is 20.9. The molecule has 0 saturated carbocycles. The summed E-state index contributed by atoms with van der Waals surface area (Å²) >= 11 is 0. The highest BCUT2D eigenvalue weighted by atomic mass is 16.6. The number of non-ortho nitro benzene ring substituents is 2. The monoisotopic (exact) mass is 566 g/mol. The molecule has 216 valence electrons. The molecule has 0 spiro atoms. The number of aliphatic hydroxyl groups is 2. The minimum Gasteiger partial charge on any atom is -0.484 e. The molecule has 40 heavy (non-hydrogen) atoms. The van der Waals surface area contributed by atoms with E-state index in [1.807, 2.05) is 9.80 Å². The minimum absolute atomic E-state index is 0.199. The summed E-state index contributed by atoms with van der Waals surface area (Å²) in [5.41, 5.74) is -2.08. The smallest absolute Gasteiger partial charge is 0.317 e. The van der Waals surface area contributed by atoms with Gasteiger partial charge in [-0.15, -0.1) is 0 Å². The summed E-state index contributed by atoms with van der Waals surface area (Å²) in [5, 5.41) is 64.8. The fraction of sp³-hybridized carbons (Fsp3) is 0.455. The van der Waals surface area contributed by atoms with Gasteiger partial charge in [-0.3, -0.25) is 50.3 Å². The summed E-state index contributed by atoms with van der Waals surface area (Å²) in [5.74, 6) is -0.399. The van der Waals surface area contributed by atoms with Crippen LogP contribution in [0.25, 0.3) is 0 Å². The predicted octanol–water partition coefficient (Wildman–Crippen LogP) is 1.12. The van der Waals surface area contributed by atoms with E-state index in [4.69, 9.17) is 9.47 Å². The van der Waals surface area contributed by atoms with E-state index in [1.165, 1.54) is 0 Å². The SMILES string of the molecule is O=[N+]([O-])c1ccc(OCC(O)CN2CCN(CC(O)COc3ccc([N+](=O)[O-])cc3[N+](=O)[O-])CC2)c([N+](=O)[O-])c1. The third-order valence-corrected chi connectivity index (χ3v) is 5.97. The Morgan fingerprint density at radius 3 is 1.30 bits per heavy atom. The number of ether oxygens (including phenoxy) is 2.